The highest BCUT2D eigenvalue weighted by atomic mass is 16.4. The molecule has 0 aromatic heterocycles. The molecule has 4 heteroatoms. The molecule has 0 saturated carbocycles. The third-order valence-electron chi connectivity index (χ3n) is 2.84. The SMILES string of the molecule is CC(C)CN1C(C)CNCC1CC(=O)O. The minimum absolute atomic E-state index is 0.147. The highest BCUT2D eigenvalue weighted by molar-refractivity contribution is 5.67. The van der Waals surface area contributed by atoms with E-state index in [1.165, 1.54) is 0 Å². The lowest BCUT2D eigenvalue weighted by molar-refractivity contribution is -0.139. The van der Waals surface area contributed by atoms with Crippen molar-refractivity contribution in [2.24, 2.45) is 5.92 Å². The van der Waals surface area contributed by atoms with Gasteiger partial charge >= 0.3 is 5.97 Å². The molecule has 2 unspecified atom stereocenters. The van der Waals surface area contributed by atoms with Gasteiger partial charge in [-0.2, -0.15) is 0 Å². The summed E-state index contributed by atoms with van der Waals surface area (Å²) in [7, 11) is 0. The fourth-order valence-corrected chi connectivity index (χ4v) is 2.19. The molecule has 1 rings (SSSR count). The van der Waals surface area contributed by atoms with Gasteiger partial charge < -0.3 is 10.4 Å². The van der Waals surface area contributed by atoms with Gasteiger partial charge in [0.05, 0.1) is 6.42 Å². The molecule has 15 heavy (non-hydrogen) atoms. The van der Waals surface area contributed by atoms with Crippen LogP contribution in [0, 0.1) is 5.92 Å². The first-order chi connectivity index (χ1) is 7.00. The number of nitrogens with one attached hydrogen (secondary N) is 1. The maximum Gasteiger partial charge on any atom is 0.304 e. The van der Waals surface area contributed by atoms with Crippen molar-refractivity contribution in [3.8, 4) is 0 Å². The van der Waals surface area contributed by atoms with Crippen LogP contribution in [0.3, 0.4) is 0 Å². The minimum Gasteiger partial charge on any atom is -0.481 e. The number of carbonyl (C=O) groups is 1. The number of carboxylic acids is 1. The van der Waals surface area contributed by atoms with Gasteiger partial charge in [0.15, 0.2) is 0 Å². The Balaban J connectivity index is 2.59. The molecule has 1 saturated heterocycles. The molecule has 1 aliphatic heterocycles. The highest BCUT2D eigenvalue weighted by Crippen LogP contribution is 2.15. The Labute approximate surface area is 91.6 Å². The summed E-state index contributed by atoms with van der Waals surface area (Å²) in [6.07, 6.45) is 0.240. The van der Waals surface area contributed by atoms with Gasteiger partial charge in [0.1, 0.15) is 0 Å². The summed E-state index contributed by atoms with van der Waals surface area (Å²) in [6, 6.07) is 0.583. The van der Waals surface area contributed by atoms with Gasteiger partial charge in [-0.15, -0.1) is 0 Å². The topological polar surface area (TPSA) is 52.6 Å². The zero-order chi connectivity index (χ0) is 11.4. The summed E-state index contributed by atoms with van der Waals surface area (Å²) in [5.41, 5.74) is 0. The molecule has 0 aliphatic carbocycles. The fourth-order valence-electron chi connectivity index (χ4n) is 2.19. The lowest BCUT2D eigenvalue weighted by atomic mass is 10.0. The van der Waals surface area contributed by atoms with Crippen molar-refractivity contribution in [3.05, 3.63) is 0 Å². The van der Waals surface area contributed by atoms with Crippen LogP contribution in [0.2, 0.25) is 0 Å². The number of piperazine rings is 1. The predicted molar refractivity (Wildman–Crippen MR) is 59.9 cm³/mol. The second-order valence-corrected chi connectivity index (χ2v) is 4.85. The maximum atomic E-state index is 10.8. The van der Waals surface area contributed by atoms with Crippen LogP contribution in [0.4, 0.5) is 0 Å². The molecule has 0 aromatic carbocycles. The van der Waals surface area contributed by atoms with Gasteiger partial charge in [-0.3, -0.25) is 9.69 Å². The smallest absolute Gasteiger partial charge is 0.304 e. The Kier molecular flexibility index (Phi) is 4.54. The molecule has 88 valence electrons. The summed E-state index contributed by atoms with van der Waals surface area (Å²) in [5.74, 6) is -0.119. The monoisotopic (exact) mass is 214 g/mol. The van der Waals surface area contributed by atoms with Gasteiger partial charge in [0, 0.05) is 31.7 Å². The lowest BCUT2D eigenvalue weighted by Gasteiger charge is -2.41. The average molecular weight is 214 g/mol. The molecular weight excluding hydrogens is 192 g/mol. The van der Waals surface area contributed by atoms with E-state index >= 15 is 0 Å². The molecule has 1 fully saturated rings. The van der Waals surface area contributed by atoms with Crippen LogP contribution in [0.1, 0.15) is 27.2 Å². The Hall–Kier alpha value is -0.610. The third-order valence-corrected chi connectivity index (χ3v) is 2.84. The zero-order valence-electron chi connectivity index (χ0n) is 9.86. The van der Waals surface area contributed by atoms with Crippen molar-refractivity contribution >= 4 is 5.97 Å². The molecule has 0 spiro atoms. The van der Waals surface area contributed by atoms with Crippen molar-refractivity contribution < 1.29 is 9.90 Å². The van der Waals surface area contributed by atoms with Crippen LogP contribution in [0.5, 0.6) is 0 Å². The molecule has 1 heterocycles. The van der Waals surface area contributed by atoms with Gasteiger partial charge in [0.2, 0.25) is 0 Å². The number of nitrogens with zero attached hydrogens (tertiary/aromatic N) is 1. The maximum absolute atomic E-state index is 10.8. The number of carboxylic acid groups (broad SMARTS) is 1. The summed E-state index contributed by atoms with van der Waals surface area (Å²) < 4.78 is 0. The Morgan fingerprint density at radius 3 is 2.73 bits per heavy atom. The quantitative estimate of drug-likeness (QED) is 0.726. The van der Waals surface area contributed by atoms with E-state index in [0.717, 1.165) is 19.6 Å². The Morgan fingerprint density at radius 2 is 2.20 bits per heavy atom. The number of hydrogen-bond donors (Lipinski definition) is 2. The Morgan fingerprint density at radius 1 is 1.53 bits per heavy atom. The normalized spacial score (nSPS) is 28.3. The van der Waals surface area contributed by atoms with Crippen molar-refractivity contribution in [1.82, 2.24) is 10.2 Å². The first-order valence-electron chi connectivity index (χ1n) is 5.69. The zero-order valence-corrected chi connectivity index (χ0v) is 9.86. The molecule has 0 bridgehead atoms. The standard InChI is InChI=1S/C11H22N2O2/c1-8(2)7-13-9(3)5-12-6-10(13)4-11(14)15/h8-10,12H,4-7H2,1-3H3,(H,14,15). The first kappa shape index (κ1) is 12.5. The average Bonchev–Trinajstić information content (AvgIpc) is 2.09. The van der Waals surface area contributed by atoms with Gasteiger partial charge in [0.25, 0.3) is 0 Å². The van der Waals surface area contributed by atoms with Crippen LogP contribution < -0.4 is 5.32 Å². The first-order valence-corrected chi connectivity index (χ1v) is 5.69. The molecule has 2 atom stereocenters. The summed E-state index contributed by atoms with van der Waals surface area (Å²) in [4.78, 5) is 13.1. The second kappa shape index (κ2) is 5.47. The van der Waals surface area contributed by atoms with Crippen LogP contribution in [-0.4, -0.2) is 47.7 Å². The summed E-state index contributed by atoms with van der Waals surface area (Å²) >= 11 is 0. The number of aliphatic carboxylic acids is 1. The lowest BCUT2D eigenvalue weighted by Crippen LogP contribution is -2.57. The van der Waals surface area contributed by atoms with Gasteiger partial charge in [-0.05, 0) is 12.8 Å². The fraction of sp³-hybridized carbons (Fsp3) is 0.909. The van der Waals surface area contributed by atoms with E-state index in [0.29, 0.717) is 12.0 Å². The van der Waals surface area contributed by atoms with Crippen molar-refractivity contribution in [1.29, 1.82) is 0 Å². The minimum atomic E-state index is -0.704. The van der Waals surface area contributed by atoms with Crippen LogP contribution in [0.25, 0.3) is 0 Å². The van der Waals surface area contributed by atoms with Crippen molar-refractivity contribution in [2.75, 3.05) is 19.6 Å². The number of rotatable bonds is 4. The highest BCUT2D eigenvalue weighted by Gasteiger charge is 2.29. The molecular formula is C11H22N2O2. The van der Waals surface area contributed by atoms with Crippen LogP contribution >= 0.6 is 0 Å². The third kappa shape index (κ3) is 3.80. The van der Waals surface area contributed by atoms with Crippen molar-refractivity contribution in [2.45, 2.75) is 39.3 Å². The van der Waals surface area contributed by atoms with E-state index in [-0.39, 0.29) is 12.5 Å². The van der Waals surface area contributed by atoms with E-state index in [1.54, 1.807) is 0 Å². The Bertz CT molecular complexity index is 219. The predicted octanol–water partition coefficient (Wildman–Crippen LogP) is 0.779. The largest absolute Gasteiger partial charge is 0.481 e. The second-order valence-electron chi connectivity index (χ2n) is 4.85. The molecule has 4 nitrogen and oxygen atoms in total. The van der Waals surface area contributed by atoms with E-state index in [9.17, 15) is 4.79 Å². The van der Waals surface area contributed by atoms with Gasteiger partial charge in [-0.1, -0.05) is 13.8 Å². The molecule has 0 aromatic rings. The molecule has 0 amide bonds. The summed E-state index contributed by atoms with van der Waals surface area (Å²) in [5, 5.41) is 12.1. The van der Waals surface area contributed by atoms with E-state index in [2.05, 4.69) is 31.0 Å². The van der Waals surface area contributed by atoms with Crippen molar-refractivity contribution in [3.63, 3.8) is 0 Å². The molecule has 2 N–H and O–H groups in total. The van der Waals surface area contributed by atoms with E-state index in [1.807, 2.05) is 0 Å². The van der Waals surface area contributed by atoms with Gasteiger partial charge in [-0.25, -0.2) is 0 Å². The summed E-state index contributed by atoms with van der Waals surface area (Å²) in [6.45, 7) is 9.25. The molecule has 1 aliphatic rings. The molecule has 0 radical (unpaired) electrons. The number of hydrogen-bond acceptors (Lipinski definition) is 3. The van der Waals surface area contributed by atoms with Crippen LogP contribution in [0.15, 0.2) is 0 Å². The van der Waals surface area contributed by atoms with Crippen LogP contribution in [-0.2, 0) is 4.79 Å². The van der Waals surface area contributed by atoms with E-state index < -0.39 is 5.97 Å². The van der Waals surface area contributed by atoms with E-state index in [4.69, 9.17) is 5.11 Å².